The largest absolute Gasteiger partial charge is 0.509 e. The van der Waals surface area contributed by atoms with Gasteiger partial charge in [-0.25, -0.2) is 4.79 Å². The van der Waals surface area contributed by atoms with Gasteiger partial charge in [-0.1, -0.05) is 20.3 Å². The van der Waals surface area contributed by atoms with Crippen LogP contribution >= 0.6 is 0 Å². The molecule has 0 bridgehead atoms. The monoisotopic (exact) mass is 199 g/mol. The Labute approximate surface area is 84.8 Å². The van der Waals surface area contributed by atoms with Crippen LogP contribution in [0.1, 0.15) is 39.5 Å². The average molecular weight is 199 g/mol. The van der Waals surface area contributed by atoms with E-state index in [2.05, 4.69) is 4.74 Å². The summed E-state index contributed by atoms with van der Waals surface area (Å²) >= 11 is 0. The van der Waals surface area contributed by atoms with Crippen LogP contribution in [-0.4, -0.2) is 18.9 Å². The van der Waals surface area contributed by atoms with Gasteiger partial charge in [0, 0.05) is 6.42 Å². The first-order chi connectivity index (χ1) is 6.64. The van der Waals surface area contributed by atoms with Crippen LogP contribution < -0.4 is 0 Å². The van der Waals surface area contributed by atoms with Gasteiger partial charge in [0.05, 0.1) is 7.11 Å². The minimum atomic E-state index is -1.01. The van der Waals surface area contributed by atoms with Gasteiger partial charge in [-0.2, -0.15) is 5.26 Å². The highest BCUT2D eigenvalue weighted by Crippen LogP contribution is 2.23. The number of carbonyl (C=O) groups excluding carboxylic acids is 1. The Bertz CT molecular complexity index is 222. The highest BCUT2D eigenvalue weighted by atomic mass is 16.7. The topological polar surface area (TPSA) is 59.3 Å². The summed E-state index contributed by atoms with van der Waals surface area (Å²) < 4.78 is 9.34. The zero-order valence-electron chi connectivity index (χ0n) is 9.00. The minimum Gasteiger partial charge on any atom is -0.438 e. The third-order valence-corrected chi connectivity index (χ3v) is 2.15. The van der Waals surface area contributed by atoms with Crippen molar-refractivity contribution in [3.05, 3.63) is 0 Å². The van der Waals surface area contributed by atoms with Crippen LogP contribution in [0.5, 0.6) is 0 Å². The molecule has 0 heterocycles. The molecule has 0 fully saturated rings. The average Bonchev–Trinajstić information content (AvgIpc) is 2.24. The van der Waals surface area contributed by atoms with E-state index in [0.29, 0.717) is 12.8 Å². The number of carbonyl (C=O) groups is 1. The van der Waals surface area contributed by atoms with Crippen LogP contribution in [0, 0.1) is 11.3 Å². The first kappa shape index (κ1) is 12.8. The fraction of sp³-hybridized carbons (Fsp3) is 0.800. The zero-order chi connectivity index (χ0) is 11.0. The molecule has 4 heteroatoms. The van der Waals surface area contributed by atoms with Crippen molar-refractivity contribution < 1.29 is 14.3 Å². The van der Waals surface area contributed by atoms with Crippen LogP contribution in [0.25, 0.3) is 0 Å². The number of hydrogen-bond acceptors (Lipinski definition) is 4. The van der Waals surface area contributed by atoms with Gasteiger partial charge in [0.1, 0.15) is 6.07 Å². The molecule has 0 aromatic heterocycles. The summed E-state index contributed by atoms with van der Waals surface area (Å²) in [6.07, 6.45) is 2.08. The molecule has 0 aliphatic heterocycles. The van der Waals surface area contributed by atoms with Crippen LogP contribution in [0.4, 0.5) is 4.79 Å². The summed E-state index contributed by atoms with van der Waals surface area (Å²) in [5, 5.41) is 8.96. The highest BCUT2D eigenvalue weighted by molar-refractivity contribution is 5.60. The Morgan fingerprint density at radius 2 is 2.14 bits per heavy atom. The van der Waals surface area contributed by atoms with Gasteiger partial charge in [0.15, 0.2) is 0 Å². The van der Waals surface area contributed by atoms with Crippen LogP contribution in [0.2, 0.25) is 0 Å². The van der Waals surface area contributed by atoms with Gasteiger partial charge in [-0.05, 0) is 12.8 Å². The molecular weight excluding hydrogens is 182 g/mol. The summed E-state index contributed by atoms with van der Waals surface area (Å²) in [4.78, 5) is 10.9. The Kier molecular flexibility index (Phi) is 5.70. The first-order valence-corrected chi connectivity index (χ1v) is 4.82. The third kappa shape index (κ3) is 3.65. The van der Waals surface area contributed by atoms with Crippen LogP contribution in [0.3, 0.4) is 0 Å². The van der Waals surface area contributed by atoms with E-state index < -0.39 is 11.8 Å². The van der Waals surface area contributed by atoms with E-state index in [4.69, 9.17) is 10.00 Å². The maximum absolute atomic E-state index is 10.9. The molecule has 1 atom stereocenters. The fourth-order valence-electron chi connectivity index (χ4n) is 1.12. The molecule has 0 saturated carbocycles. The SMILES string of the molecule is CCCCC(C#N)(CC)OC(=O)OC. The molecule has 0 aliphatic rings. The Hall–Kier alpha value is -1.24. The smallest absolute Gasteiger partial charge is 0.438 e. The Morgan fingerprint density at radius 3 is 2.50 bits per heavy atom. The van der Waals surface area contributed by atoms with Crippen molar-refractivity contribution in [1.29, 1.82) is 5.26 Å². The lowest BCUT2D eigenvalue weighted by Crippen LogP contribution is -2.32. The summed E-state index contributed by atoms with van der Waals surface area (Å²) in [5.41, 5.74) is -1.01. The Balaban J connectivity index is 4.38. The number of hydrogen-bond donors (Lipinski definition) is 0. The summed E-state index contributed by atoms with van der Waals surface area (Å²) in [6.45, 7) is 3.84. The molecule has 80 valence electrons. The van der Waals surface area contributed by atoms with Crippen LogP contribution in [-0.2, 0) is 9.47 Å². The Morgan fingerprint density at radius 1 is 1.50 bits per heavy atom. The number of nitriles is 1. The van der Waals surface area contributed by atoms with Crippen molar-refractivity contribution in [3.63, 3.8) is 0 Å². The second-order valence-corrected chi connectivity index (χ2v) is 3.12. The molecule has 0 aromatic rings. The molecular formula is C10H17NO3. The molecule has 0 rings (SSSR count). The normalized spacial score (nSPS) is 13.9. The maximum atomic E-state index is 10.9. The van der Waals surface area contributed by atoms with Gasteiger partial charge in [0.2, 0.25) is 5.60 Å². The lowest BCUT2D eigenvalue weighted by Gasteiger charge is -2.23. The lowest BCUT2D eigenvalue weighted by molar-refractivity contribution is -0.00374. The molecule has 0 aromatic carbocycles. The van der Waals surface area contributed by atoms with E-state index in [1.807, 2.05) is 19.9 Å². The van der Waals surface area contributed by atoms with Crippen molar-refractivity contribution in [1.82, 2.24) is 0 Å². The standard InChI is InChI=1S/C10H17NO3/c1-4-6-7-10(5-2,8-11)14-9(12)13-3/h4-7H2,1-3H3. The lowest BCUT2D eigenvalue weighted by atomic mass is 9.95. The molecule has 14 heavy (non-hydrogen) atoms. The number of methoxy groups -OCH3 is 1. The van der Waals surface area contributed by atoms with E-state index in [9.17, 15) is 4.79 Å². The first-order valence-electron chi connectivity index (χ1n) is 4.82. The predicted molar refractivity (Wildman–Crippen MR) is 51.7 cm³/mol. The summed E-state index contributed by atoms with van der Waals surface area (Å²) in [7, 11) is 1.24. The highest BCUT2D eigenvalue weighted by Gasteiger charge is 2.32. The van der Waals surface area contributed by atoms with E-state index in [0.717, 1.165) is 12.8 Å². The molecule has 0 radical (unpaired) electrons. The van der Waals surface area contributed by atoms with E-state index in [1.54, 1.807) is 0 Å². The molecule has 0 spiro atoms. The molecule has 0 amide bonds. The third-order valence-electron chi connectivity index (χ3n) is 2.15. The number of nitrogens with zero attached hydrogens (tertiary/aromatic N) is 1. The summed E-state index contributed by atoms with van der Waals surface area (Å²) in [5.74, 6) is 0. The van der Waals surface area contributed by atoms with Crippen molar-refractivity contribution in [2.45, 2.75) is 45.1 Å². The molecule has 1 unspecified atom stereocenters. The van der Waals surface area contributed by atoms with E-state index in [-0.39, 0.29) is 0 Å². The predicted octanol–water partition coefficient (Wildman–Crippen LogP) is 2.63. The van der Waals surface area contributed by atoms with Crippen LogP contribution in [0.15, 0.2) is 0 Å². The van der Waals surface area contributed by atoms with Crippen molar-refractivity contribution in [3.8, 4) is 6.07 Å². The van der Waals surface area contributed by atoms with Gasteiger partial charge in [-0.3, -0.25) is 0 Å². The molecule has 0 N–H and O–H groups in total. The molecule has 0 saturated heterocycles. The number of rotatable bonds is 5. The van der Waals surface area contributed by atoms with Gasteiger partial charge >= 0.3 is 6.16 Å². The fourth-order valence-corrected chi connectivity index (χ4v) is 1.12. The van der Waals surface area contributed by atoms with Crippen molar-refractivity contribution in [2.75, 3.05) is 7.11 Å². The van der Waals surface area contributed by atoms with Gasteiger partial charge < -0.3 is 9.47 Å². The zero-order valence-corrected chi connectivity index (χ0v) is 9.00. The molecule has 0 aliphatic carbocycles. The minimum absolute atomic E-state index is 0.485. The quantitative estimate of drug-likeness (QED) is 0.638. The number of ether oxygens (including phenoxy) is 2. The summed E-state index contributed by atoms with van der Waals surface area (Å²) in [6, 6.07) is 2.04. The van der Waals surface area contributed by atoms with Crippen molar-refractivity contribution >= 4 is 6.16 Å². The van der Waals surface area contributed by atoms with E-state index >= 15 is 0 Å². The number of unbranched alkanes of at least 4 members (excludes halogenated alkanes) is 1. The second-order valence-electron chi connectivity index (χ2n) is 3.12. The van der Waals surface area contributed by atoms with E-state index in [1.165, 1.54) is 7.11 Å². The van der Waals surface area contributed by atoms with Gasteiger partial charge in [0.25, 0.3) is 0 Å². The maximum Gasteiger partial charge on any atom is 0.509 e. The molecule has 4 nitrogen and oxygen atoms in total. The van der Waals surface area contributed by atoms with Crippen molar-refractivity contribution in [2.24, 2.45) is 0 Å². The second kappa shape index (κ2) is 6.25. The van der Waals surface area contributed by atoms with Gasteiger partial charge in [-0.15, -0.1) is 0 Å².